The van der Waals surface area contributed by atoms with Crippen molar-refractivity contribution in [2.75, 3.05) is 19.1 Å². The number of carboxylic acids is 1. The Bertz CT molecular complexity index is 360. The van der Waals surface area contributed by atoms with E-state index in [0.717, 1.165) is 18.6 Å². The first-order chi connectivity index (χ1) is 12.0. The van der Waals surface area contributed by atoms with Gasteiger partial charge in [0.15, 0.2) is 0 Å². The maximum Gasteiger partial charge on any atom is 0.326 e. The van der Waals surface area contributed by atoms with E-state index in [1.807, 2.05) is 6.26 Å². The number of aliphatic carboxylic acids is 1. The van der Waals surface area contributed by atoms with Crippen LogP contribution < -0.4 is 0 Å². The Morgan fingerprint density at radius 3 is 1.78 bits per heavy atom. The number of thioether (sulfide) groups is 1. The SMILES string of the molecule is CCCCCCCCCCCCCC(=O)N(C)[C@@H](CCSC)C(=O)O.Cl.S. The average molecular weight is 444 g/mol. The third kappa shape index (κ3) is 17.7. The van der Waals surface area contributed by atoms with Gasteiger partial charge in [-0.1, -0.05) is 71.1 Å². The predicted octanol–water partition coefficient (Wildman–Crippen LogP) is 5.89. The number of nitrogens with zero attached hydrogens (tertiary/aromatic N) is 1. The molecule has 0 fully saturated rings. The van der Waals surface area contributed by atoms with Crippen molar-refractivity contribution in [2.24, 2.45) is 0 Å². The molecule has 1 atom stereocenters. The molecule has 27 heavy (non-hydrogen) atoms. The highest BCUT2D eigenvalue weighted by atomic mass is 35.5. The van der Waals surface area contributed by atoms with Gasteiger partial charge in [0.2, 0.25) is 5.91 Å². The lowest BCUT2D eigenvalue weighted by Gasteiger charge is -2.24. The van der Waals surface area contributed by atoms with Crippen LogP contribution in [0.3, 0.4) is 0 Å². The van der Waals surface area contributed by atoms with E-state index >= 15 is 0 Å². The smallest absolute Gasteiger partial charge is 0.326 e. The van der Waals surface area contributed by atoms with Crippen LogP contribution in [0.4, 0.5) is 0 Å². The van der Waals surface area contributed by atoms with E-state index in [4.69, 9.17) is 0 Å². The molecule has 0 saturated heterocycles. The molecule has 164 valence electrons. The Morgan fingerprint density at radius 2 is 1.37 bits per heavy atom. The summed E-state index contributed by atoms with van der Waals surface area (Å²) in [5.41, 5.74) is 0. The molecule has 1 N–H and O–H groups in total. The highest BCUT2D eigenvalue weighted by Gasteiger charge is 2.25. The molecule has 0 saturated carbocycles. The number of carbonyl (C=O) groups excluding carboxylic acids is 1. The Hall–Kier alpha value is -0.0700. The molecule has 0 aliphatic heterocycles. The number of hydrogen-bond acceptors (Lipinski definition) is 3. The summed E-state index contributed by atoms with van der Waals surface area (Å²) in [6.07, 6.45) is 16.7. The van der Waals surface area contributed by atoms with Gasteiger partial charge in [-0.3, -0.25) is 4.79 Å². The highest BCUT2D eigenvalue weighted by molar-refractivity contribution is 7.98. The van der Waals surface area contributed by atoms with Gasteiger partial charge in [-0.2, -0.15) is 25.3 Å². The lowest BCUT2D eigenvalue weighted by molar-refractivity contribution is -0.149. The van der Waals surface area contributed by atoms with Crippen LogP contribution in [0.5, 0.6) is 0 Å². The quantitative estimate of drug-likeness (QED) is 0.285. The van der Waals surface area contributed by atoms with E-state index in [1.165, 1.54) is 62.7 Å². The molecule has 0 aromatic carbocycles. The van der Waals surface area contributed by atoms with Gasteiger partial charge in [0.05, 0.1) is 0 Å². The van der Waals surface area contributed by atoms with Crippen molar-refractivity contribution >= 4 is 49.5 Å². The molecule has 1 amide bonds. The minimum absolute atomic E-state index is 0. The number of likely N-dealkylation sites (N-methyl/N-ethyl adjacent to an activating group) is 1. The molecule has 0 aromatic heterocycles. The van der Waals surface area contributed by atoms with Crippen molar-refractivity contribution in [3.05, 3.63) is 0 Å². The molecule has 7 heteroatoms. The highest BCUT2D eigenvalue weighted by Crippen LogP contribution is 2.14. The van der Waals surface area contributed by atoms with Crippen LogP contribution in [-0.4, -0.2) is 47.0 Å². The summed E-state index contributed by atoms with van der Waals surface area (Å²) in [6.45, 7) is 2.24. The maximum absolute atomic E-state index is 12.2. The van der Waals surface area contributed by atoms with Crippen LogP contribution in [0, 0.1) is 0 Å². The topological polar surface area (TPSA) is 57.6 Å². The van der Waals surface area contributed by atoms with E-state index in [0.29, 0.717) is 12.8 Å². The third-order valence-corrected chi connectivity index (χ3v) is 5.38. The summed E-state index contributed by atoms with van der Waals surface area (Å²) in [4.78, 5) is 24.9. The van der Waals surface area contributed by atoms with Crippen LogP contribution in [0.25, 0.3) is 0 Å². The van der Waals surface area contributed by atoms with E-state index in [9.17, 15) is 14.7 Å². The Kier molecular flexibility index (Phi) is 26.0. The number of hydrogen-bond donors (Lipinski definition) is 1. The molecule has 0 spiro atoms. The number of unbranched alkanes of at least 4 members (excludes halogenated alkanes) is 10. The lowest BCUT2D eigenvalue weighted by Crippen LogP contribution is -2.42. The van der Waals surface area contributed by atoms with Gasteiger partial charge in [0, 0.05) is 13.5 Å². The van der Waals surface area contributed by atoms with Crippen LogP contribution >= 0.6 is 37.7 Å². The number of halogens is 1. The summed E-state index contributed by atoms with van der Waals surface area (Å²) in [5.74, 6) is -0.180. The Labute approximate surface area is 184 Å². The number of amides is 1. The van der Waals surface area contributed by atoms with Crippen molar-refractivity contribution in [2.45, 2.75) is 96.4 Å². The summed E-state index contributed by atoms with van der Waals surface area (Å²) < 4.78 is 0. The normalized spacial score (nSPS) is 11.2. The largest absolute Gasteiger partial charge is 0.480 e. The fourth-order valence-corrected chi connectivity index (χ4v) is 3.46. The van der Waals surface area contributed by atoms with Crippen LogP contribution in [0.2, 0.25) is 0 Å². The molecule has 0 rings (SSSR count). The number of carbonyl (C=O) groups is 2. The second kappa shape index (κ2) is 22.2. The van der Waals surface area contributed by atoms with Gasteiger partial charge in [-0.25, -0.2) is 4.79 Å². The first-order valence-electron chi connectivity index (χ1n) is 10.0. The minimum atomic E-state index is -0.899. The molecule has 0 radical (unpaired) electrons. The van der Waals surface area contributed by atoms with Crippen LogP contribution in [0.1, 0.15) is 90.4 Å². The zero-order valence-corrected chi connectivity index (χ0v) is 20.1. The van der Waals surface area contributed by atoms with Gasteiger partial charge in [-0.15, -0.1) is 12.4 Å². The zero-order valence-electron chi connectivity index (χ0n) is 17.5. The first-order valence-corrected chi connectivity index (χ1v) is 11.4. The summed E-state index contributed by atoms with van der Waals surface area (Å²) in [7, 11) is 1.62. The fraction of sp³-hybridized carbons (Fsp3) is 0.900. The average Bonchev–Trinajstić information content (AvgIpc) is 2.59. The molecule has 0 unspecified atom stereocenters. The molecular weight excluding hydrogens is 402 g/mol. The second-order valence-electron chi connectivity index (χ2n) is 6.93. The number of rotatable bonds is 17. The molecule has 0 aromatic rings. The van der Waals surface area contributed by atoms with E-state index in [2.05, 4.69) is 6.92 Å². The van der Waals surface area contributed by atoms with Crippen LogP contribution in [0.15, 0.2) is 0 Å². The number of carboxylic acid groups (broad SMARTS) is 1. The van der Waals surface area contributed by atoms with Gasteiger partial charge in [0.25, 0.3) is 0 Å². The van der Waals surface area contributed by atoms with Crippen molar-refractivity contribution < 1.29 is 14.7 Å². The monoisotopic (exact) mass is 443 g/mol. The molecule has 0 aliphatic rings. The van der Waals surface area contributed by atoms with E-state index in [-0.39, 0.29) is 31.8 Å². The third-order valence-electron chi connectivity index (χ3n) is 4.74. The van der Waals surface area contributed by atoms with Crippen molar-refractivity contribution in [3.63, 3.8) is 0 Å². The first kappa shape index (κ1) is 31.6. The van der Waals surface area contributed by atoms with Crippen LogP contribution in [-0.2, 0) is 9.59 Å². The minimum Gasteiger partial charge on any atom is -0.480 e. The molecular formula is C20H42ClNO3S2. The molecule has 0 bridgehead atoms. The zero-order chi connectivity index (χ0) is 18.9. The summed E-state index contributed by atoms with van der Waals surface area (Å²) >= 11 is 1.61. The maximum atomic E-state index is 12.2. The molecule has 0 aliphatic carbocycles. The van der Waals surface area contributed by atoms with Gasteiger partial charge in [-0.05, 0) is 24.9 Å². The second-order valence-corrected chi connectivity index (χ2v) is 7.91. The van der Waals surface area contributed by atoms with E-state index in [1.54, 1.807) is 18.8 Å². The van der Waals surface area contributed by atoms with Gasteiger partial charge >= 0.3 is 5.97 Å². The van der Waals surface area contributed by atoms with Crippen molar-refractivity contribution in [3.8, 4) is 0 Å². The van der Waals surface area contributed by atoms with Gasteiger partial charge in [0.1, 0.15) is 6.04 Å². The molecule has 4 nitrogen and oxygen atoms in total. The predicted molar refractivity (Wildman–Crippen MR) is 126 cm³/mol. The van der Waals surface area contributed by atoms with E-state index < -0.39 is 12.0 Å². The van der Waals surface area contributed by atoms with Crippen molar-refractivity contribution in [1.29, 1.82) is 0 Å². The fourth-order valence-electron chi connectivity index (χ4n) is 3.00. The Balaban J connectivity index is -0.00000288. The molecule has 0 heterocycles. The standard InChI is InChI=1S/C20H39NO3S.ClH.H2S/c1-4-5-6-7-8-9-10-11-12-13-14-15-19(22)21(2)18(20(23)24)16-17-25-3;;/h18H,4-17H2,1-3H3,(H,23,24);1H;1H2/t18-;;/m0../s1. The van der Waals surface area contributed by atoms with Gasteiger partial charge < -0.3 is 10.0 Å². The lowest BCUT2D eigenvalue weighted by atomic mass is 10.0. The summed E-state index contributed by atoms with van der Waals surface area (Å²) in [6, 6.07) is -0.687. The van der Waals surface area contributed by atoms with Crippen molar-refractivity contribution in [1.82, 2.24) is 4.90 Å². The Morgan fingerprint density at radius 1 is 0.926 bits per heavy atom. The summed E-state index contributed by atoms with van der Waals surface area (Å²) in [5, 5.41) is 9.28.